The van der Waals surface area contributed by atoms with Crippen molar-refractivity contribution >= 4 is 11.2 Å². The highest BCUT2D eigenvalue weighted by Crippen LogP contribution is 2.31. The molecule has 0 amide bonds. The Morgan fingerprint density at radius 2 is 1.84 bits per heavy atom. The van der Waals surface area contributed by atoms with Crippen LogP contribution in [0.3, 0.4) is 0 Å². The summed E-state index contributed by atoms with van der Waals surface area (Å²) in [6, 6.07) is 10.4. The highest BCUT2D eigenvalue weighted by atomic mass is 19.4. The predicted molar refractivity (Wildman–Crippen MR) is 130 cm³/mol. The number of aryl methyl sites for hydroxylation is 1. The Morgan fingerprint density at radius 3 is 2.51 bits per heavy atom. The van der Waals surface area contributed by atoms with Crippen LogP contribution in [0.25, 0.3) is 33.9 Å². The Balaban J connectivity index is 1.47. The van der Waals surface area contributed by atoms with Crippen molar-refractivity contribution in [3.05, 3.63) is 76.7 Å². The topological polar surface area (TPSA) is 104 Å². The van der Waals surface area contributed by atoms with Gasteiger partial charge in [-0.1, -0.05) is 24.3 Å². The Labute approximate surface area is 208 Å². The molecule has 12 heteroatoms. The Kier molecular flexibility index (Phi) is 6.02. The van der Waals surface area contributed by atoms with Crippen molar-refractivity contribution in [1.82, 2.24) is 34.1 Å². The molecule has 5 rings (SSSR count). The molecule has 4 heterocycles. The first-order valence-electron chi connectivity index (χ1n) is 11.4. The molecule has 1 aromatic carbocycles. The fourth-order valence-electron chi connectivity index (χ4n) is 3.91. The zero-order valence-electron chi connectivity index (χ0n) is 20.1. The van der Waals surface area contributed by atoms with Gasteiger partial charge in [0.25, 0.3) is 0 Å². The number of ether oxygens (including phenoxy) is 1. The van der Waals surface area contributed by atoms with E-state index in [-0.39, 0.29) is 24.2 Å². The van der Waals surface area contributed by atoms with Gasteiger partial charge in [0, 0.05) is 25.0 Å². The monoisotopic (exact) mass is 509 g/mol. The molecule has 9 nitrogen and oxygen atoms in total. The molecule has 0 aliphatic carbocycles. The quantitative estimate of drug-likeness (QED) is 0.363. The number of nitrogens with zero attached hydrogens (tertiary/aromatic N) is 6. The zero-order chi connectivity index (χ0) is 26.3. The molecule has 190 valence electrons. The lowest BCUT2D eigenvalue weighted by atomic mass is 10.1. The second-order valence-corrected chi connectivity index (χ2v) is 8.73. The van der Waals surface area contributed by atoms with Gasteiger partial charge in [0.15, 0.2) is 17.2 Å². The van der Waals surface area contributed by atoms with Crippen molar-refractivity contribution in [3.8, 4) is 28.7 Å². The summed E-state index contributed by atoms with van der Waals surface area (Å²) >= 11 is 0. The summed E-state index contributed by atoms with van der Waals surface area (Å²) in [6.07, 6.45) is -0.526. The van der Waals surface area contributed by atoms with Crippen molar-refractivity contribution in [2.45, 2.75) is 32.7 Å². The van der Waals surface area contributed by atoms with Crippen LogP contribution >= 0.6 is 0 Å². The van der Waals surface area contributed by atoms with Gasteiger partial charge in [-0.3, -0.25) is 4.57 Å². The summed E-state index contributed by atoms with van der Waals surface area (Å²) in [5, 5.41) is 0. The maximum Gasteiger partial charge on any atom is 0.434 e. The number of halogens is 3. The number of imidazole rings is 2. The van der Waals surface area contributed by atoms with Crippen LogP contribution in [0, 0.1) is 0 Å². The number of nitrogens with one attached hydrogen (secondary N) is 1. The van der Waals surface area contributed by atoms with Gasteiger partial charge in [-0.15, -0.1) is 0 Å². The number of benzene rings is 1. The van der Waals surface area contributed by atoms with Gasteiger partial charge >= 0.3 is 11.9 Å². The van der Waals surface area contributed by atoms with Crippen LogP contribution < -0.4 is 10.4 Å². The summed E-state index contributed by atoms with van der Waals surface area (Å²) in [6.45, 7) is 3.97. The van der Waals surface area contributed by atoms with Crippen molar-refractivity contribution in [1.29, 1.82) is 0 Å². The third-order valence-electron chi connectivity index (χ3n) is 5.59. The molecule has 37 heavy (non-hydrogen) atoms. The maximum atomic E-state index is 13.0. The van der Waals surface area contributed by atoms with Gasteiger partial charge in [-0.05, 0) is 31.5 Å². The summed E-state index contributed by atoms with van der Waals surface area (Å²) in [5.41, 5.74) is 1.41. The van der Waals surface area contributed by atoms with Gasteiger partial charge in [-0.2, -0.15) is 13.2 Å². The van der Waals surface area contributed by atoms with E-state index in [1.165, 1.54) is 22.4 Å². The largest absolute Gasteiger partial charge is 0.474 e. The number of rotatable bonds is 6. The van der Waals surface area contributed by atoms with E-state index in [2.05, 4.69) is 24.9 Å². The standard InChI is InChI=1S/C25H22F3N7O2/c1-14(2)37-23-17(5-4-10-29-23)20-30-11-18-22(33-20)35(24(36)31-18)12-15-6-8-16(9-7-15)21-32-19(13-34(21)3)25(26,27)28/h4-11,13-14H,12H2,1-3H3,(H,31,36). The summed E-state index contributed by atoms with van der Waals surface area (Å²) in [7, 11) is 1.51. The van der Waals surface area contributed by atoms with Crippen LogP contribution in [-0.4, -0.2) is 40.2 Å². The highest BCUT2D eigenvalue weighted by molar-refractivity contribution is 5.74. The number of alkyl halides is 3. The van der Waals surface area contributed by atoms with Gasteiger partial charge in [0.1, 0.15) is 11.3 Å². The lowest BCUT2D eigenvalue weighted by molar-refractivity contribution is -0.140. The molecule has 0 unspecified atom stereocenters. The summed E-state index contributed by atoms with van der Waals surface area (Å²) < 4.78 is 47.6. The van der Waals surface area contributed by atoms with E-state index in [4.69, 9.17) is 4.74 Å². The van der Waals surface area contributed by atoms with Crippen LogP contribution in [0.15, 0.2) is 59.8 Å². The average molecular weight is 509 g/mol. The number of H-pyrrole nitrogens is 1. The molecule has 1 N–H and O–H groups in total. The molecular formula is C25H22F3N7O2. The molecule has 0 saturated carbocycles. The lowest BCUT2D eigenvalue weighted by Crippen LogP contribution is -2.17. The fraction of sp³-hybridized carbons (Fsp3) is 0.240. The first-order chi connectivity index (χ1) is 17.6. The van der Waals surface area contributed by atoms with Crippen LogP contribution in [0.5, 0.6) is 5.88 Å². The van der Waals surface area contributed by atoms with Crippen molar-refractivity contribution < 1.29 is 17.9 Å². The van der Waals surface area contributed by atoms with Crippen LogP contribution in [0.2, 0.25) is 0 Å². The SMILES string of the molecule is CC(C)Oc1ncccc1-c1ncc2[nH]c(=O)n(Cc3ccc(-c4nc(C(F)(F)F)cn4C)cc3)c2n1. The van der Waals surface area contributed by atoms with E-state index in [9.17, 15) is 18.0 Å². The molecule has 0 bridgehead atoms. The number of fused-ring (bicyclic) bond motifs is 1. The lowest BCUT2D eigenvalue weighted by Gasteiger charge is -2.12. The normalized spacial score (nSPS) is 12.0. The van der Waals surface area contributed by atoms with Gasteiger partial charge < -0.3 is 14.3 Å². The summed E-state index contributed by atoms with van der Waals surface area (Å²) in [4.78, 5) is 32.5. The number of hydrogen-bond donors (Lipinski definition) is 1. The predicted octanol–water partition coefficient (Wildman–Crippen LogP) is 4.44. The molecule has 0 aliphatic rings. The molecule has 0 fully saturated rings. The van der Waals surface area contributed by atoms with E-state index in [1.807, 2.05) is 13.8 Å². The number of aromatic nitrogens is 7. The molecule has 0 atom stereocenters. The Hall–Kier alpha value is -4.48. The Bertz CT molecular complexity index is 1630. The minimum atomic E-state index is -4.52. The third kappa shape index (κ3) is 4.82. The number of hydrogen-bond acceptors (Lipinski definition) is 6. The van der Waals surface area contributed by atoms with Gasteiger partial charge in [0.2, 0.25) is 5.88 Å². The third-order valence-corrected chi connectivity index (χ3v) is 5.59. The molecule has 0 spiro atoms. The van der Waals surface area contributed by atoms with E-state index in [0.29, 0.717) is 34.0 Å². The smallest absolute Gasteiger partial charge is 0.434 e. The second kappa shape index (κ2) is 9.19. The minimum absolute atomic E-state index is 0.100. The van der Waals surface area contributed by atoms with Crippen molar-refractivity contribution in [2.24, 2.45) is 7.05 Å². The van der Waals surface area contributed by atoms with E-state index < -0.39 is 11.9 Å². The van der Waals surface area contributed by atoms with E-state index in [0.717, 1.165) is 11.8 Å². The summed E-state index contributed by atoms with van der Waals surface area (Å²) in [5.74, 6) is 0.936. The first kappa shape index (κ1) is 24.2. The van der Waals surface area contributed by atoms with Gasteiger partial charge in [-0.25, -0.2) is 24.7 Å². The number of aromatic amines is 1. The van der Waals surface area contributed by atoms with Gasteiger partial charge in [0.05, 0.1) is 24.4 Å². The fourth-order valence-corrected chi connectivity index (χ4v) is 3.91. The molecule has 4 aromatic heterocycles. The second-order valence-electron chi connectivity index (χ2n) is 8.73. The zero-order valence-corrected chi connectivity index (χ0v) is 20.1. The van der Waals surface area contributed by atoms with Crippen LogP contribution in [0.4, 0.5) is 13.2 Å². The molecule has 0 saturated heterocycles. The first-order valence-corrected chi connectivity index (χ1v) is 11.4. The van der Waals surface area contributed by atoms with Crippen molar-refractivity contribution in [2.75, 3.05) is 0 Å². The number of pyridine rings is 1. The van der Waals surface area contributed by atoms with Crippen LogP contribution in [-0.2, 0) is 19.8 Å². The molecular weight excluding hydrogens is 487 g/mol. The van der Waals surface area contributed by atoms with E-state index in [1.54, 1.807) is 42.6 Å². The van der Waals surface area contributed by atoms with Crippen molar-refractivity contribution in [3.63, 3.8) is 0 Å². The molecule has 0 radical (unpaired) electrons. The average Bonchev–Trinajstić information content (AvgIpc) is 3.39. The highest BCUT2D eigenvalue weighted by Gasteiger charge is 2.34. The van der Waals surface area contributed by atoms with E-state index >= 15 is 0 Å². The Morgan fingerprint density at radius 1 is 1.08 bits per heavy atom. The maximum absolute atomic E-state index is 13.0. The minimum Gasteiger partial charge on any atom is -0.474 e. The molecule has 0 aliphatic heterocycles. The van der Waals surface area contributed by atoms with Crippen LogP contribution in [0.1, 0.15) is 25.1 Å². The molecule has 5 aromatic rings.